The number of halogens is 2. The summed E-state index contributed by atoms with van der Waals surface area (Å²) in [5.41, 5.74) is 6.57. The maximum atomic E-state index is 12.6. The van der Waals surface area contributed by atoms with Gasteiger partial charge in [-0.1, -0.05) is 30.3 Å². The van der Waals surface area contributed by atoms with Gasteiger partial charge in [-0.25, -0.2) is 0 Å². The zero-order chi connectivity index (χ0) is 14.9. The quantitative estimate of drug-likeness (QED) is 0.714. The lowest BCUT2D eigenvalue weighted by atomic mass is 10.0. The molecule has 0 radical (unpaired) electrons. The number of carbonyl (C=O) groups is 1. The van der Waals surface area contributed by atoms with E-state index in [9.17, 15) is 4.79 Å². The fourth-order valence-electron chi connectivity index (χ4n) is 2.58. The van der Waals surface area contributed by atoms with Crippen LogP contribution >= 0.6 is 36.6 Å². The number of nitrogens with two attached hydrogens (primary N) is 1. The number of rotatable bonds is 7. The van der Waals surface area contributed by atoms with Crippen LogP contribution in [0.4, 0.5) is 0 Å². The maximum Gasteiger partial charge on any atom is 0.241 e. The topological polar surface area (TPSA) is 58.4 Å². The fraction of sp³-hybridized carbons (Fsp3) is 0.562. The van der Waals surface area contributed by atoms with Crippen molar-refractivity contribution in [2.45, 2.75) is 18.9 Å². The van der Waals surface area contributed by atoms with Crippen molar-refractivity contribution in [3.63, 3.8) is 0 Å². The predicted molar refractivity (Wildman–Crippen MR) is 104 cm³/mol. The molecule has 2 rings (SSSR count). The first-order valence-corrected chi connectivity index (χ1v) is 8.83. The molecule has 1 aliphatic heterocycles. The van der Waals surface area contributed by atoms with E-state index in [1.807, 2.05) is 42.1 Å². The van der Waals surface area contributed by atoms with Gasteiger partial charge in [0.05, 0.1) is 0 Å². The summed E-state index contributed by atoms with van der Waals surface area (Å²) in [4.78, 5) is 14.9. The van der Waals surface area contributed by atoms with Gasteiger partial charge in [-0.15, -0.1) is 24.8 Å². The highest BCUT2D eigenvalue weighted by atomic mass is 35.5. The Morgan fingerprint density at radius 2 is 1.83 bits per heavy atom. The molecule has 0 aliphatic carbocycles. The molecule has 0 saturated carbocycles. The van der Waals surface area contributed by atoms with Gasteiger partial charge in [0.15, 0.2) is 0 Å². The summed E-state index contributed by atoms with van der Waals surface area (Å²) < 4.78 is 0. The Hall–Kier alpha value is -0.460. The molecule has 1 unspecified atom stereocenters. The molecular weight excluding hydrogens is 353 g/mol. The zero-order valence-corrected chi connectivity index (χ0v) is 15.7. The molecule has 1 fully saturated rings. The molecule has 23 heavy (non-hydrogen) atoms. The number of nitrogens with zero attached hydrogens (tertiary/aromatic N) is 1. The molecule has 1 amide bonds. The Balaban J connectivity index is 0.00000242. The van der Waals surface area contributed by atoms with Gasteiger partial charge in [-0.2, -0.15) is 11.8 Å². The number of carbonyl (C=O) groups excluding carboxylic acids is 1. The smallest absolute Gasteiger partial charge is 0.241 e. The number of unbranched alkanes of at least 4 members (excludes halogenated alkanes) is 1. The third kappa shape index (κ3) is 7.31. The normalized spacial score (nSPS) is 15.9. The lowest BCUT2D eigenvalue weighted by molar-refractivity contribution is -0.126. The molecule has 1 aliphatic rings. The number of nitrogens with one attached hydrogen (secondary N) is 1. The Kier molecular flexibility index (Phi) is 12.6. The maximum absolute atomic E-state index is 12.6. The van der Waals surface area contributed by atoms with Crippen LogP contribution in [-0.2, 0) is 4.79 Å². The van der Waals surface area contributed by atoms with E-state index in [1.165, 1.54) is 0 Å². The van der Waals surface area contributed by atoms with E-state index in [-0.39, 0.29) is 36.8 Å². The number of hydrogen-bond donors (Lipinski definition) is 2. The standard InChI is InChI=1S/C16H25N3OS.2ClH/c17-8-4-5-9-18-16(20)15(14-6-2-1-3-7-14)19-10-12-21-13-11-19;;/h1-3,6-7,15H,4-5,8-13,17H2,(H,18,20);2*1H. The summed E-state index contributed by atoms with van der Waals surface area (Å²) in [7, 11) is 0. The summed E-state index contributed by atoms with van der Waals surface area (Å²) in [5.74, 6) is 2.32. The molecular formula is C16H27Cl2N3OS. The first-order valence-electron chi connectivity index (χ1n) is 7.67. The molecule has 4 nitrogen and oxygen atoms in total. The van der Waals surface area contributed by atoms with Crippen molar-refractivity contribution in [3.05, 3.63) is 35.9 Å². The highest BCUT2D eigenvalue weighted by Crippen LogP contribution is 2.24. The van der Waals surface area contributed by atoms with E-state index in [4.69, 9.17) is 5.73 Å². The minimum atomic E-state index is -0.162. The number of thioether (sulfide) groups is 1. The summed E-state index contributed by atoms with van der Waals surface area (Å²) in [5, 5.41) is 3.07. The Bertz CT molecular complexity index is 431. The first kappa shape index (κ1) is 22.5. The highest BCUT2D eigenvalue weighted by Gasteiger charge is 2.28. The molecule has 7 heteroatoms. The van der Waals surface area contributed by atoms with Crippen LogP contribution in [0.3, 0.4) is 0 Å². The minimum Gasteiger partial charge on any atom is -0.354 e. The van der Waals surface area contributed by atoms with Crippen molar-refractivity contribution in [2.75, 3.05) is 37.7 Å². The van der Waals surface area contributed by atoms with Gasteiger partial charge in [0.25, 0.3) is 0 Å². The van der Waals surface area contributed by atoms with E-state index < -0.39 is 0 Å². The predicted octanol–water partition coefficient (Wildman–Crippen LogP) is 2.48. The third-order valence-corrected chi connectivity index (χ3v) is 4.65. The van der Waals surface area contributed by atoms with Gasteiger partial charge in [0, 0.05) is 31.1 Å². The summed E-state index contributed by atoms with van der Waals surface area (Å²) in [6, 6.07) is 9.93. The molecule has 0 spiro atoms. The molecule has 3 N–H and O–H groups in total. The van der Waals surface area contributed by atoms with Gasteiger partial charge >= 0.3 is 0 Å². The summed E-state index contributed by atoms with van der Waals surface area (Å²) in [6.45, 7) is 3.34. The monoisotopic (exact) mass is 379 g/mol. The molecule has 0 bridgehead atoms. The van der Waals surface area contributed by atoms with Crippen molar-refractivity contribution in [1.82, 2.24) is 10.2 Å². The van der Waals surface area contributed by atoms with Crippen LogP contribution in [0.2, 0.25) is 0 Å². The first-order chi connectivity index (χ1) is 10.3. The Morgan fingerprint density at radius 1 is 1.17 bits per heavy atom. The molecule has 1 saturated heterocycles. The zero-order valence-electron chi connectivity index (χ0n) is 13.3. The fourth-order valence-corrected chi connectivity index (χ4v) is 3.51. The van der Waals surface area contributed by atoms with Crippen LogP contribution in [0.5, 0.6) is 0 Å². The van der Waals surface area contributed by atoms with E-state index in [2.05, 4.69) is 10.2 Å². The van der Waals surface area contributed by atoms with Crippen molar-refractivity contribution in [2.24, 2.45) is 5.73 Å². The Labute approximate surface area is 155 Å². The van der Waals surface area contributed by atoms with Crippen LogP contribution in [0.25, 0.3) is 0 Å². The van der Waals surface area contributed by atoms with Crippen LogP contribution < -0.4 is 11.1 Å². The van der Waals surface area contributed by atoms with E-state index in [0.717, 1.165) is 43.0 Å². The van der Waals surface area contributed by atoms with E-state index >= 15 is 0 Å². The lowest BCUT2D eigenvalue weighted by Crippen LogP contribution is -2.44. The van der Waals surface area contributed by atoms with Gasteiger partial charge < -0.3 is 11.1 Å². The minimum absolute atomic E-state index is 0. The van der Waals surface area contributed by atoms with Crippen LogP contribution in [-0.4, -0.2) is 48.5 Å². The van der Waals surface area contributed by atoms with Gasteiger partial charge in [-0.3, -0.25) is 9.69 Å². The van der Waals surface area contributed by atoms with Gasteiger partial charge in [0.1, 0.15) is 6.04 Å². The van der Waals surface area contributed by atoms with Crippen molar-refractivity contribution < 1.29 is 4.79 Å². The van der Waals surface area contributed by atoms with Crippen LogP contribution in [0, 0.1) is 0 Å². The van der Waals surface area contributed by atoms with Crippen molar-refractivity contribution in [3.8, 4) is 0 Å². The van der Waals surface area contributed by atoms with E-state index in [0.29, 0.717) is 13.1 Å². The second-order valence-corrected chi connectivity index (χ2v) is 6.47. The van der Waals surface area contributed by atoms with Gasteiger partial charge in [0.2, 0.25) is 5.91 Å². The second-order valence-electron chi connectivity index (χ2n) is 5.25. The molecule has 1 atom stereocenters. The highest BCUT2D eigenvalue weighted by molar-refractivity contribution is 7.99. The number of amides is 1. The Morgan fingerprint density at radius 3 is 2.43 bits per heavy atom. The largest absolute Gasteiger partial charge is 0.354 e. The lowest BCUT2D eigenvalue weighted by Gasteiger charge is -2.33. The van der Waals surface area contributed by atoms with Crippen LogP contribution in [0.15, 0.2) is 30.3 Å². The second kappa shape index (κ2) is 12.9. The molecule has 1 aromatic carbocycles. The van der Waals surface area contributed by atoms with Crippen molar-refractivity contribution >= 4 is 42.5 Å². The number of benzene rings is 1. The van der Waals surface area contributed by atoms with Crippen molar-refractivity contribution in [1.29, 1.82) is 0 Å². The molecule has 0 aromatic heterocycles. The third-order valence-electron chi connectivity index (χ3n) is 3.70. The molecule has 1 heterocycles. The SMILES string of the molecule is Cl.Cl.NCCCCNC(=O)C(c1ccccc1)N1CCSCC1. The summed E-state index contributed by atoms with van der Waals surface area (Å²) >= 11 is 1.96. The van der Waals surface area contributed by atoms with E-state index in [1.54, 1.807) is 0 Å². The molecule has 132 valence electrons. The summed E-state index contributed by atoms with van der Waals surface area (Å²) in [6.07, 6.45) is 1.90. The molecule has 1 aromatic rings. The number of hydrogen-bond acceptors (Lipinski definition) is 4. The average molecular weight is 380 g/mol. The van der Waals surface area contributed by atoms with Crippen LogP contribution in [0.1, 0.15) is 24.4 Å². The average Bonchev–Trinajstić information content (AvgIpc) is 2.54. The van der Waals surface area contributed by atoms with Gasteiger partial charge in [-0.05, 0) is 24.9 Å².